The Morgan fingerprint density at radius 2 is 1.97 bits per heavy atom. The zero-order chi connectivity index (χ0) is 22.6. The Kier molecular flexibility index (Phi) is 7.11. The molecule has 1 aliphatic heterocycles. The first-order valence-corrected chi connectivity index (χ1v) is 12.2. The number of fused-ring (bicyclic) bond motifs is 1. The van der Waals surface area contributed by atoms with E-state index in [-0.39, 0.29) is 28.9 Å². The van der Waals surface area contributed by atoms with Gasteiger partial charge in [0.05, 0.1) is 36.2 Å². The molecule has 0 bridgehead atoms. The summed E-state index contributed by atoms with van der Waals surface area (Å²) in [6, 6.07) is 9.56. The molecule has 10 heteroatoms. The van der Waals surface area contributed by atoms with E-state index in [4.69, 9.17) is 9.47 Å². The molecule has 1 atom stereocenters. The molecule has 0 radical (unpaired) electrons. The normalized spacial score (nSPS) is 16.0. The zero-order valence-electron chi connectivity index (χ0n) is 17.4. The molecule has 2 aromatic carbocycles. The number of hydrogen-bond acceptors (Lipinski definition) is 7. The molecule has 3 rings (SSSR count). The summed E-state index contributed by atoms with van der Waals surface area (Å²) < 4.78 is 35.9. The van der Waals surface area contributed by atoms with E-state index in [0.29, 0.717) is 28.6 Å². The molecule has 0 aromatic heterocycles. The molecular weight excluding hydrogens is 440 g/mol. The highest BCUT2D eigenvalue weighted by Crippen LogP contribution is 2.34. The number of benzene rings is 2. The lowest BCUT2D eigenvalue weighted by atomic mass is 10.2. The van der Waals surface area contributed by atoms with Crippen molar-refractivity contribution in [2.75, 3.05) is 36.4 Å². The molecule has 31 heavy (non-hydrogen) atoms. The second kappa shape index (κ2) is 9.61. The molecule has 0 saturated carbocycles. The quantitative estimate of drug-likeness (QED) is 0.647. The number of anilines is 2. The summed E-state index contributed by atoms with van der Waals surface area (Å²) in [5.74, 6) is 0.460. The number of carbonyl (C=O) groups is 2. The number of hydrogen-bond donors (Lipinski definition) is 2. The maximum absolute atomic E-state index is 12.8. The van der Waals surface area contributed by atoms with E-state index in [2.05, 4.69) is 10.6 Å². The van der Waals surface area contributed by atoms with Gasteiger partial charge in [-0.2, -0.15) is 0 Å². The monoisotopic (exact) mass is 464 g/mol. The number of nitrogens with one attached hydrogen (secondary N) is 2. The van der Waals surface area contributed by atoms with Gasteiger partial charge in [0.15, 0.2) is 9.84 Å². The molecule has 0 fully saturated rings. The molecule has 0 spiro atoms. The summed E-state index contributed by atoms with van der Waals surface area (Å²) in [4.78, 5) is 25.3. The van der Waals surface area contributed by atoms with Gasteiger partial charge in [-0.3, -0.25) is 9.59 Å². The topological polar surface area (TPSA) is 111 Å². The van der Waals surface area contributed by atoms with Crippen molar-refractivity contribution in [1.29, 1.82) is 0 Å². The number of rotatable bonds is 7. The summed E-state index contributed by atoms with van der Waals surface area (Å²) in [7, 11) is -0.741. The Hall–Kier alpha value is -2.72. The van der Waals surface area contributed by atoms with Gasteiger partial charge in [-0.05, 0) is 30.3 Å². The molecule has 1 aliphatic rings. The second-order valence-corrected chi connectivity index (χ2v) is 10.2. The predicted octanol–water partition coefficient (Wildman–Crippen LogP) is 3.19. The maximum atomic E-state index is 12.8. The van der Waals surface area contributed by atoms with Crippen LogP contribution in [0.1, 0.15) is 13.3 Å². The fourth-order valence-electron chi connectivity index (χ4n) is 2.93. The Bertz CT molecular complexity index is 1100. The first kappa shape index (κ1) is 23.0. The highest BCUT2D eigenvalue weighted by molar-refractivity contribution is 7.99. The third-order valence-corrected chi connectivity index (χ3v) is 7.83. The number of sulfone groups is 1. The van der Waals surface area contributed by atoms with Crippen LogP contribution in [0.15, 0.2) is 46.2 Å². The zero-order valence-corrected chi connectivity index (χ0v) is 19.1. The van der Waals surface area contributed by atoms with Crippen LogP contribution in [0.3, 0.4) is 0 Å². The lowest BCUT2D eigenvalue weighted by Gasteiger charge is -2.12. The van der Waals surface area contributed by atoms with E-state index in [0.717, 1.165) is 4.90 Å². The summed E-state index contributed by atoms with van der Waals surface area (Å²) in [6.45, 7) is 1.82. The Morgan fingerprint density at radius 1 is 1.19 bits per heavy atom. The summed E-state index contributed by atoms with van der Waals surface area (Å²) in [5, 5.41) is 5.44. The molecule has 0 aliphatic carbocycles. The third kappa shape index (κ3) is 5.50. The van der Waals surface area contributed by atoms with Crippen LogP contribution in [0.5, 0.6) is 11.5 Å². The van der Waals surface area contributed by atoms with Crippen LogP contribution in [0.4, 0.5) is 11.4 Å². The van der Waals surface area contributed by atoms with E-state index in [1.165, 1.54) is 38.1 Å². The van der Waals surface area contributed by atoms with Gasteiger partial charge in [0.2, 0.25) is 11.8 Å². The van der Waals surface area contributed by atoms with Gasteiger partial charge in [0.1, 0.15) is 11.5 Å². The highest BCUT2D eigenvalue weighted by atomic mass is 32.2. The molecule has 166 valence electrons. The van der Waals surface area contributed by atoms with Crippen molar-refractivity contribution in [2.45, 2.75) is 23.1 Å². The molecule has 2 aromatic rings. The number of thioether (sulfide) groups is 1. The van der Waals surface area contributed by atoms with Crippen molar-refractivity contribution < 1.29 is 27.5 Å². The first-order chi connectivity index (χ1) is 14.7. The van der Waals surface area contributed by atoms with Crippen LogP contribution in [-0.4, -0.2) is 46.0 Å². The third-order valence-electron chi connectivity index (χ3n) is 4.79. The Morgan fingerprint density at radius 3 is 2.68 bits per heavy atom. The molecule has 1 heterocycles. The van der Waals surface area contributed by atoms with E-state index in [1.54, 1.807) is 24.3 Å². The standard InChI is InChI=1S/C21H24N2O6S2/c1-13-12-30-19-7-5-15(11-17(19)23-21(13)25)31(26,27)9-8-20(24)22-16-6-4-14(28-2)10-18(16)29-3/h4-7,10-11,13H,8-9,12H2,1-3H3,(H,22,24)(H,23,25)/t13-/m1/s1. The molecule has 0 unspecified atom stereocenters. The fourth-order valence-corrected chi connectivity index (χ4v) is 5.21. The second-order valence-electron chi connectivity index (χ2n) is 7.04. The molecule has 8 nitrogen and oxygen atoms in total. The van der Waals surface area contributed by atoms with Crippen LogP contribution >= 0.6 is 11.8 Å². The lowest BCUT2D eigenvalue weighted by Crippen LogP contribution is -2.20. The van der Waals surface area contributed by atoms with Crippen LogP contribution in [-0.2, 0) is 19.4 Å². The minimum atomic E-state index is -3.72. The fraction of sp³-hybridized carbons (Fsp3) is 0.333. The van der Waals surface area contributed by atoms with Gasteiger partial charge < -0.3 is 20.1 Å². The summed E-state index contributed by atoms with van der Waals surface area (Å²) in [5.41, 5.74) is 0.900. The highest BCUT2D eigenvalue weighted by Gasteiger charge is 2.23. The Labute approximate surface area is 185 Å². The summed E-state index contributed by atoms with van der Waals surface area (Å²) >= 11 is 1.50. The SMILES string of the molecule is COc1ccc(NC(=O)CCS(=O)(=O)c2ccc3c(c2)NC(=O)[C@H](C)CS3)c(OC)c1. The molecule has 2 N–H and O–H groups in total. The van der Waals surface area contributed by atoms with E-state index in [9.17, 15) is 18.0 Å². The smallest absolute Gasteiger partial charge is 0.228 e. The number of carbonyl (C=O) groups excluding carboxylic acids is 2. The van der Waals surface area contributed by atoms with Crippen molar-refractivity contribution in [2.24, 2.45) is 5.92 Å². The van der Waals surface area contributed by atoms with Gasteiger partial charge in [-0.25, -0.2) is 8.42 Å². The van der Waals surface area contributed by atoms with E-state index in [1.807, 2.05) is 6.92 Å². The largest absolute Gasteiger partial charge is 0.497 e. The van der Waals surface area contributed by atoms with Gasteiger partial charge >= 0.3 is 0 Å². The van der Waals surface area contributed by atoms with E-state index < -0.39 is 15.7 Å². The minimum Gasteiger partial charge on any atom is -0.497 e. The van der Waals surface area contributed by atoms with Gasteiger partial charge in [-0.15, -0.1) is 11.8 Å². The maximum Gasteiger partial charge on any atom is 0.228 e. The minimum absolute atomic E-state index is 0.0662. The average molecular weight is 465 g/mol. The van der Waals surface area contributed by atoms with Gasteiger partial charge in [-0.1, -0.05) is 6.92 Å². The van der Waals surface area contributed by atoms with Crippen molar-refractivity contribution in [3.05, 3.63) is 36.4 Å². The number of amides is 2. The van der Waals surface area contributed by atoms with Crippen molar-refractivity contribution in [3.8, 4) is 11.5 Å². The van der Waals surface area contributed by atoms with Crippen molar-refractivity contribution in [3.63, 3.8) is 0 Å². The molecule has 2 amide bonds. The van der Waals surface area contributed by atoms with Crippen molar-refractivity contribution in [1.82, 2.24) is 0 Å². The number of methoxy groups -OCH3 is 2. The molecule has 0 saturated heterocycles. The lowest BCUT2D eigenvalue weighted by molar-refractivity contribution is -0.118. The van der Waals surface area contributed by atoms with Crippen LogP contribution < -0.4 is 20.1 Å². The summed E-state index contributed by atoms with van der Waals surface area (Å²) in [6.07, 6.45) is -0.229. The Balaban J connectivity index is 1.68. The molecular formula is C21H24N2O6S2. The first-order valence-electron chi connectivity index (χ1n) is 9.56. The van der Waals surface area contributed by atoms with Crippen molar-refractivity contribution >= 4 is 44.8 Å². The van der Waals surface area contributed by atoms with E-state index >= 15 is 0 Å². The average Bonchev–Trinajstić information content (AvgIpc) is 2.90. The van der Waals surface area contributed by atoms with Crippen LogP contribution in [0.2, 0.25) is 0 Å². The van der Waals surface area contributed by atoms with Crippen LogP contribution in [0.25, 0.3) is 0 Å². The van der Waals surface area contributed by atoms with Crippen LogP contribution in [0, 0.1) is 5.92 Å². The predicted molar refractivity (Wildman–Crippen MR) is 120 cm³/mol. The van der Waals surface area contributed by atoms with Gasteiger partial charge in [0.25, 0.3) is 0 Å². The number of ether oxygens (including phenoxy) is 2. The van der Waals surface area contributed by atoms with Gasteiger partial charge in [0, 0.05) is 29.1 Å².